The Balaban J connectivity index is 0.000000177. The summed E-state index contributed by atoms with van der Waals surface area (Å²) in [5, 5.41) is 46.0. The molecule has 3 heterocycles. The molecule has 0 aliphatic heterocycles. The molecule has 3 amide bonds. The van der Waals surface area contributed by atoms with Crippen LogP contribution in [0.4, 0.5) is 0 Å². The molecule has 0 unspecified atom stereocenters. The number of para-hydroxylation sites is 3. The molecule has 6 N–H and O–H groups in total. The Morgan fingerprint density at radius 3 is 0.849 bits per heavy atom. The van der Waals surface area contributed by atoms with Crippen molar-refractivity contribution in [1.29, 1.82) is 0 Å². The van der Waals surface area contributed by atoms with Gasteiger partial charge in [-0.05, 0) is 108 Å². The van der Waals surface area contributed by atoms with Gasteiger partial charge in [0.15, 0.2) is 0 Å². The van der Waals surface area contributed by atoms with E-state index in [0.29, 0.717) is 31.8 Å². The van der Waals surface area contributed by atoms with E-state index in [1.54, 1.807) is 55.0 Å². The van der Waals surface area contributed by atoms with Gasteiger partial charge in [-0.15, -0.1) is 0 Å². The summed E-state index contributed by atoms with van der Waals surface area (Å²) in [5.41, 5.74) is 6.15. The number of carboxylic acid groups (broad SMARTS) is 3. The summed E-state index contributed by atoms with van der Waals surface area (Å²) >= 11 is 17.4. The van der Waals surface area contributed by atoms with Gasteiger partial charge in [0.2, 0.25) is 0 Å². The second-order valence-electron chi connectivity index (χ2n) is 16.2. The Labute approximate surface area is 443 Å². The zero-order valence-corrected chi connectivity index (χ0v) is 41.7. The summed E-state index contributed by atoms with van der Waals surface area (Å²) in [7, 11) is 0. The molecule has 9 aromatic rings. The fraction of sp³-hybridized carbons (Fsp3) is 0.111. The van der Waals surface area contributed by atoms with Crippen LogP contribution in [0, 0.1) is 0 Å². The molecule has 73 heavy (non-hydrogen) atoms. The number of aliphatic carboxylic acids is 3. The summed E-state index contributed by atoms with van der Waals surface area (Å²) in [6.45, 7) is 0. The number of aromatic amines is 3. The van der Waals surface area contributed by atoms with Crippen LogP contribution in [0.3, 0.4) is 0 Å². The minimum Gasteiger partial charge on any atom is -0.548 e. The number of carbonyl (C=O) groups is 6. The van der Waals surface area contributed by atoms with Gasteiger partial charge in [0.25, 0.3) is 17.7 Å². The molecule has 3 aromatic heterocycles. The first kappa shape index (κ1) is 54.5. The van der Waals surface area contributed by atoms with Crippen molar-refractivity contribution in [3.05, 3.63) is 213 Å². The second kappa shape index (κ2) is 25.5. The Hall–Kier alpha value is -7.84. The van der Waals surface area contributed by atoms with E-state index in [1.807, 2.05) is 72.8 Å². The molecule has 9 rings (SSSR count). The van der Waals surface area contributed by atoms with Crippen LogP contribution in [0.5, 0.6) is 0 Å². The number of nitrogens with one attached hydrogen (secondary N) is 6. The molecule has 19 heteroatoms. The van der Waals surface area contributed by atoms with Crippen molar-refractivity contribution in [2.45, 2.75) is 37.4 Å². The summed E-state index contributed by atoms with van der Waals surface area (Å²) in [6, 6.07) is 38.0. The van der Waals surface area contributed by atoms with E-state index in [-0.39, 0.29) is 36.6 Å². The van der Waals surface area contributed by atoms with Crippen LogP contribution < -0.4 is 31.3 Å². The largest absolute Gasteiger partial charge is 3.00 e. The molecule has 0 radical (unpaired) electrons. The maximum Gasteiger partial charge on any atom is 3.00 e. The van der Waals surface area contributed by atoms with E-state index in [2.05, 4.69) is 30.9 Å². The summed E-state index contributed by atoms with van der Waals surface area (Å²) < 4.78 is 0. The van der Waals surface area contributed by atoms with Crippen molar-refractivity contribution in [3.8, 4) is 0 Å². The van der Waals surface area contributed by atoms with E-state index in [0.717, 1.165) is 49.4 Å². The Kier molecular flexibility index (Phi) is 19.0. The zero-order chi connectivity index (χ0) is 51.3. The molecule has 0 saturated carbocycles. The molecule has 0 spiro atoms. The quantitative estimate of drug-likeness (QED) is 0.0723. The number of benzene rings is 6. The van der Waals surface area contributed by atoms with Gasteiger partial charge >= 0.3 is 17.4 Å². The number of hydrogen-bond donors (Lipinski definition) is 6. The van der Waals surface area contributed by atoms with Gasteiger partial charge in [-0.2, -0.15) is 0 Å². The minimum absolute atomic E-state index is 0. The van der Waals surface area contributed by atoms with Crippen molar-refractivity contribution in [2.24, 2.45) is 0 Å². The van der Waals surface area contributed by atoms with E-state index in [9.17, 15) is 44.1 Å². The van der Waals surface area contributed by atoms with Crippen molar-refractivity contribution in [1.82, 2.24) is 30.9 Å². The molecule has 3 atom stereocenters. The summed E-state index contributed by atoms with van der Waals surface area (Å²) in [6.07, 6.45) is 5.63. The van der Waals surface area contributed by atoms with Gasteiger partial charge in [-0.1, -0.05) is 89.4 Å². The molecule has 366 valence electrons. The van der Waals surface area contributed by atoms with Crippen LogP contribution in [0.25, 0.3) is 32.7 Å². The summed E-state index contributed by atoms with van der Waals surface area (Å²) in [5.74, 6) is -5.45. The fourth-order valence-corrected chi connectivity index (χ4v) is 8.05. The molecule has 0 fully saturated rings. The van der Waals surface area contributed by atoms with Crippen molar-refractivity contribution >= 4 is 121 Å². The number of H-pyrrole nitrogens is 3. The van der Waals surface area contributed by atoms with Crippen molar-refractivity contribution < 1.29 is 44.1 Å². The fourth-order valence-electron chi connectivity index (χ4n) is 7.67. The van der Waals surface area contributed by atoms with Gasteiger partial charge < -0.3 is 60.6 Å². The first-order valence-electron chi connectivity index (χ1n) is 22.1. The smallest absolute Gasteiger partial charge is 0.548 e. The van der Waals surface area contributed by atoms with Crippen LogP contribution in [-0.4, -0.2) is 86.1 Å². The number of hydrogen-bond acceptors (Lipinski definition) is 9. The molecular formula is C54H42AlCl3N6O9. The number of carboxylic acids is 3. The number of amides is 3. The first-order valence-corrected chi connectivity index (χ1v) is 23.2. The maximum absolute atomic E-state index is 12.2. The predicted molar refractivity (Wildman–Crippen MR) is 275 cm³/mol. The third kappa shape index (κ3) is 14.6. The Morgan fingerprint density at radius 1 is 0.384 bits per heavy atom. The Morgan fingerprint density at radius 2 is 0.616 bits per heavy atom. The van der Waals surface area contributed by atoms with E-state index in [1.165, 1.54) is 36.4 Å². The third-order valence-corrected chi connectivity index (χ3v) is 12.1. The predicted octanol–water partition coefficient (Wildman–Crippen LogP) is 5.36. The van der Waals surface area contributed by atoms with Crippen LogP contribution in [-0.2, 0) is 33.6 Å². The normalized spacial score (nSPS) is 11.9. The van der Waals surface area contributed by atoms with Gasteiger partial charge in [0.05, 0.1) is 36.0 Å². The van der Waals surface area contributed by atoms with Gasteiger partial charge in [-0.3, -0.25) is 14.4 Å². The first-order chi connectivity index (χ1) is 34.6. The standard InChI is InChI=1S/3C18H15ClN2O3.Al/c3*19-13-7-5-11(6-8-13)17(22)21-16(18(23)24)9-12-10-20-15-4-2-1-3-14(12)15;/h3*1-8,10,16,20H,9H2,(H,21,22)(H,23,24);/q;;;+3/p-3/t3*16-;/m000./s1. The van der Waals surface area contributed by atoms with E-state index in [4.69, 9.17) is 34.8 Å². The van der Waals surface area contributed by atoms with Gasteiger partial charge in [0.1, 0.15) is 0 Å². The Bertz CT molecular complexity index is 3020. The molecule has 0 saturated heterocycles. The van der Waals surface area contributed by atoms with Gasteiger partial charge in [-0.25, -0.2) is 0 Å². The number of halogens is 3. The van der Waals surface area contributed by atoms with Crippen molar-refractivity contribution in [3.63, 3.8) is 0 Å². The van der Waals surface area contributed by atoms with Crippen LogP contribution in [0.15, 0.2) is 164 Å². The molecule has 0 aliphatic rings. The van der Waals surface area contributed by atoms with Crippen LogP contribution >= 0.6 is 34.8 Å². The van der Waals surface area contributed by atoms with Crippen LogP contribution in [0.2, 0.25) is 15.1 Å². The van der Waals surface area contributed by atoms with Gasteiger partial charge in [0, 0.05) is 102 Å². The van der Waals surface area contributed by atoms with Crippen molar-refractivity contribution in [2.75, 3.05) is 0 Å². The number of aromatic nitrogens is 3. The third-order valence-electron chi connectivity index (χ3n) is 11.4. The number of fused-ring (bicyclic) bond motifs is 3. The van der Waals surface area contributed by atoms with E-state index >= 15 is 0 Å². The topological polar surface area (TPSA) is 255 Å². The van der Waals surface area contributed by atoms with Crippen LogP contribution in [0.1, 0.15) is 47.8 Å². The molecule has 0 bridgehead atoms. The van der Waals surface area contributed by atoms with E-state index < -0.39 is 53.8 Å². The molecule has 6 aromatic carbocycles. The molecular weight excluding hydrogens is 1010 g/mol. The molecule has 0 aliphatic carbocycles. The second-order valence-corrected chi connectivity index (χ2v) is 17.6. The maximum atomic E-state index is 12.2. The monoisotopic (exact) mass is 1050 g/mol. The number of carbonyl (C=O) groups excluding carboxylic acids is 6. The minimum atomic E-state index is -1.33. The average molecular weight is 1050 g/mol. The average Bonchev–Trinajstić information content (AvgIpc) is 4.11. The molecule has 15 nitrogen and oxygen atoms in total. The number of rotatable bonds is 15. The summed E-state index contributed by atoms with van der Waals surface area (Å²) in [4.78, 5) is 80.2. The zero-order valence-electron chi connectivity index (χ0n) is 38.3. The SMILES string of the molecule is O=C(N[C@@H](Cc1c[nH]c2ccccc12)C(=O)[O-])c1ccc(Cl)cc1.O=C(N[C@@H](Cc1c[nH]c2ccccc12)C(=O)[O-])c1ccc(Cl)cc1.O=C(N[C@@H](Cc1c[nH]c2ccccc12)C(=O)[O-])c1ccc(Cl)cc1.[Al+3].